The van der Waals surface area contributed by atoms with Gasteiger partial charge in [-0.15, -0.1) is 0 Å². The first-order valence-corrected chi connectivity index (χ1v) is 5.86. The van der Waals surface area contributed by atoms with Gasteiger partial charge < -0.3 is 15.3 Å². The quantitative estimate of drug-likeness (QED) is 0.668. The first-order valence-electron chi connectivity index (χ1n) is 5.86. The van der Waals surface area contributed by atoms with Crippen LogP contribution in [-0.4, -0.2) is 48.2 Å². The zero-order valence-electron chi connectivity index (χ0n) is 9.28. The Labute approximate surface area is 90.6 Å². The van der Waals surface area contributed by atoms with Crippen LogP contribution in [0.25, 0.3) is 0 Å². The van der Waals surface area contributed by atoms with E-state index in [2.05, 4.69) is 5.32 Å². The van der Waals surface area contributed by atoms with E-state index in [0.29, 0.717) is 12.5 Å². The van der Waals surface area contributed by atoms with Crippen LogP contribution in [0, 0.1) is 11.8 Å². The number of nitrogens with one attached hydrogen (secondary N) is 1. The summed E-state index contributed by atoms with van der Waals surface area (Å²) >= 11 is 0. The van der Waals surface area contributed by atoms with E-state index < -0.39 is 0 Å². The molecule has 0 radical (unpaired) electrons. The molecule has 0 aromatic heterocycles. The highest BCUT2D eigenvalue weighted by atomic mass is 16.3. The number of likely N-dealkylation sites (tertiary alicyclic amines) is 1. The number of amides is 1. The second kappa shape index (κ2) is 4.49. The summed E-state index contributed by atoms with van der Waals surface area (Å²) in [7, 11) is 0. The third kappa shape index (κ3) is 2.32. The topological polar surface area (TPSA) is 52.6 Å². The van der Waals surface area contributed by atoms with Crippen molar-refractivity contribution in [3.05, 3.63) is 0 Å². The Morgan fingerprint density at radius 1 is 1.53 bits per heavy atom. The van der Waals surface area contributed by atoms with Gasteiger partial charge in [0.2, 0.25) is 5.91 Å². The van der Waals surface area contributed by atoms with Gasteiger partial charge in [-0.05, 0) is 31.8 Å². The van der Waals surface area contributed by atoms with Crippen molar-refractivity contribution in [1.82, 2.24) is 10.2 Å². The molecule has 1 unspecified atom stereocenters. The molecule has 4 nitrogen and oxygen atoms in total. The Bertz CT molecular complexity index is 241. The molecule has 2 rings (SSSR count). The largest absolute Gasteiger partial charge is 0.391 e. The molecule has 2 N–H and O–H groups in total. The lowest BCUT2D eigenvalue weighted by Gasteiger charge is -2.37. The Hall–Kier alpha value is -0.610. The molecule has 15 heavy (non-hydrogen) atoms. The zero-order valence-corrected chi connectivity index (χ0v) is 9.28. The van der Waals surface area contributed by atoms with Crippen LogP contribution in [0.2, 0.25) is 0 Å². The molecule has 2 atom stereocenters. The van der Waals surface area contributed by atoms with Crippen molar-refractivity contribution < 1.29 is 9.90 Å². The molecule has 0 spiro atoms. The van der Waals surface area contributed by atoms with Crippen LogP contribution in [0.3, 0.4) is 0 Å². The minimum atomic E-state index is -0.311. The van der Waals surface area contributed by atoms with Crippen LogP contribution < -0.4 is 5.32 Å². The molecular weight excluding hydrogens is 192 g/mol. The first-order chi connectivity index (χ1) is 7.18. The summed E-state index contributed by atoms with van der Waals surface area (Å²) in [4.78, 5) is 13.9. The summed E-state index contributed by atoms with van der Waals surface area (Å²) in [6.45, 7) is 5.28. The Balaban J connectivity index is 1.88. The van der Waals surface area contributed by atoms with Gasteiger partial charge >= 0.3 is 0 Å². The number of nitrogens with zero attached hydrogens (tertiary/aromatic N) is 1. The predicted molar refractivity (Wildman–Crippen MR) is 57.3 cm³/mol. The summed E-state index contributed by atoms with van der Waals surface area (Å²) in [6, 6.07) is 0. The van der Waals surface area contributed by atoms with Crippen molar-refractivity contribution in [2.75, 3.05) is 26.2 Å². The monoisotopic (exact) mass is 212 g/mol. The molecule has 2 heterocycles. The van der Waals surface area contributed by atoms with Gasteiger partial charge in [0.05, 0.1) is 6.10 Å². The van der Waals surface area contributed by atoms with E-state index in [9.17, 15) is 9.90 Å². The summed E-state index contributed by atoms with van der Waals surface area (Å²) in [5, 5.41) is 12.7. The lowest BCUT2D eigenvalue weighted by molar-refractivity contribution is -0.140. The summed E-state index contributed by atoms with van der Waals surface area (Å²) in [6.07, 6.45) is 1.46. The normalized spacial score (nSPS) is 29.7. The summed E-state index contributed by atoms with van der Waals surface area (Å²) < 4.78 is 0. The fraction of sp³-hybridized carbons (Fsp3) is 0.909. The van der Waals surface area contributed by atoms with Crippen molar-refractivity contribution in [3.63, 3.8) is 0 Å². The second-order valence-corrected chi connectivity index (χ2v) is 4.79. The minimum Gasteiger partial charge on any atom is -0.391 e. The van der Waals surface area contributed by atoms with Gasteiger partial charge in [0.1, 0.15) is 0 Å². The number of hydrogen-bond donors (Lipinski definition) is 2. The van der Waals surface area contributed by atoms with Crippen molar-refractivity contribution in [2.45, 2.75) is 25.9 Å². The Morgan fingerprint density at radius 2 is 2.27 bits per heavy atom. The van der Waals surface area contributed by atoms with Crippen molar-refractivity contribution in [1.29, 1.82) is 0 Å². The predicted octanol–water partition coefficient (Wildman–Crippen LogP) is -0.175. The van der Waals surface area contributed by atoms with Crippen LogP contribution in [0.5, 0.6) is 0 Å². The summed E-state index contributed by atoms with van der Waals surface area (Å²) in [5.74, 6) is 0.827. The van der Waals surface area contributed by atoms with Gasteiger partial charge in [0, 0.05) is 19.0 Å². The van der Waals surface area contributed by atoms with Gasteiger partial charge in [0.25, 0.3) is 0 Å². The molecule has 0 aliphatic carbocycles. The van der Waals surface area contributed by atoms with Gasteiger partial charge in [-0.1, -0.05) is 6.92 Å². The van der Waals surface area contributed by atoms with E-state index in [1.807, 2.05) is 11.8 Å². The average molecular weight is 212 g/mol. The SMILES string of the molecule is CC(C(=O)N1CCC[C@H](O)C1)C1CNC1. The van der Waals surface area contributed by atoms with E-state index in [4.69, 9.17) is 0 Å². The summed E-state index contributed by atoms with van der Waals surface area (Å²) in [5.41, 5.74) is 0. The number of β-amino-alcohol motifs (C(OH)–C–C–N with tert-alkyl or cyclic N) is 1. The number of rotatable bonds is 2. The zero-order chi connectivity index (χ0) is 10.8. The number of piperidine rings is 1. The van der Waals surface area contributed by atoms with Crippen LogP contribution in [-0.2, 0) is 4.79 Å². The van der Waals surface area contributed by atoms with Crippen molar-refractivity contribution >= 4 is 5.91 Å². The van der Waals surface area contributed by atoms with Gasteiger partial charge in [0.15, 0.2) is 0 Å². The number of carbonyl (C=O) groups excluding carboxylic acids is 1. The van der Waals surface area contributed by atoms with Gasteiger partial charge in [-0.3, -0.25) is 4.79 Å². The van der Waals surface area contributed by atoms with E-state index in [1.54, 1.807) is 0 Å². The number of hydrogen-bond acceptors (Lipinski definition) is 3. The number of aliphatic hydroxyl groups is 1. The molecule has 0 saturated carbocycles. The molecule has 1 amide bonds. The molecule has 2 saturated heterocycles. The molecular formula is C11H20N2O2. The smallest absolute Gasteiger partial charge is 0.225 e. The van der Waals surface area contributed by atoms with E-state index in [0.717, 1.165) is 32.5 Å². The van der Waals surface area contributed by atoms with E-state index in [1.165, 1.54) is 0 Å². The van der Waals surface area contributed by atoms with Crippen LogP contribution in [0.4, 0.5) is 0 Å². The fourth-order valence-corrected chi connectivity index (χ4v) is 2.31. The standard InChI is InChI=1S/C11H20N2O2/c1-8(9-5-12-6-9)11(15)13-4-2-3-10(14)7-13/h8-10,12,14H,2-7H2,1H3/t8?,10-/m0/s1. The van der Waals surface area contributed by atoms with Crippen LogP contribution >= 0.6 is 0 Å². The Morgan fingerprint density at radius 3 is 2.80 bits per heavy atom. The number of carbonyl (C=O) groups is 1. The highest BCUT2D eigenvalue weighted by Crippen LogP contribution is 2.20. The first kappa shape index (κ1) is 10.9. The maximum atomic E-state index is 12.1. The Kier molecular flexibility index (Phi) is 3.26. The van der Waals surface area contributed by atoms with Crippen LogP contribution in [0.15, 0.2) is 0 Å². The maximum absolute atomic E-state index is 12.1. The van der Waals surface area contributed by atoms with Crippen molar-refractivity contribution in [3.8, 4) is 0 Å². The van der Waals surface area contributed by atoms with Gasteiger partial charge in [-0.25, -0.2) is 0 Å². The molecule has 4 heteroatoms. The lowest BCUT2D eigenvalue weighted by Crippen LogP contribution is -2.52. The van der Waals surface area contributed by atoms with Crippen molar-refractivity contribution in [2.24, 2.45) is 11.8 Å². The second-order valence-electron chi connectivity index (χ2n) is 4.79. The maximum Gasteiger partial charge on any atom is 0.225 e. The highest BCUT2D eigenvalue weighted by molar-refractivity contribution is 5.79. The minimum absolute atomic E-state index is 0.108. The number of aliphatic hydroxyl groups excluding tert-OH is 1. The van der Waals surface area contributed by atoms with E-state index in [-0.39, 0.29) is 17.9 Å². The third-order valence-electron chi connectivity index (χ3n) is 3.62. The molecule has 2 fully saturated rings. The average Bonchev–Trinajstić information content (AvgIpc) is 2.14. The highest BCUT2D eigenvalue weighted by Gasteiger charge is 2.33. The van der Waals surface area contributed by atoms with Crippen LogP contribution in [0.1, 0.15) is 19.8 Å². The van der Waals surface area contributed by atoms with E-state index >= 15 is 0 Å². The molecule has 2 aliphatic heterocycles. The molecule has 0 bridgehead atoms. The fourth-order valence-electron chi connectivity index (χ4n) is 2.31. The molecule has 0 aromatic rings. The molecule has 86 valence electrons. The molecule has 2 aliphatic rings. The lowest BCUT2D eigenvalue weighted by atomic mass is 9.87. The van der Waals surface area contributed by atoms with Gasteiger partial charge in [-0.2, -0.15) is 0 Å². The third-order valence-corrected chi connectivity index (χ3v) is 3.62. The molecule has 0 aromatic carbocycles.